The van der Waals surface area contributed by atoms with Crippen LogP contribution in [-0.2, 0) is 4.79 Å². The summed E-state index contributed by atoms with van der Waals surface area (Å²) in [5, 5.41) is 4.47. The van der Waals surface area contributed by atoms with Crippen molar-refractivity contribution in [3.05, 3.63) is 30.3 Å². The zero-order valence-electron chi connectivity index (χ0n) is 8.90. The molecule has 1 aromatic rings. The molecule has 0 bridgehead atoms. The smallest absolute Gasteiger partial charge is 0.271 e. The largest absolute Gasteiger partial charge is 0.405 e. The van der Waals surface area contributed by atoms with Crippen molar-refractivity contribution in [2.24, 2.45) is 11.0 Å². The monoisotopic (exact) mass is 242 g/mol. The molecule has 0 saturated heterocycles. The van der Waals surface area contributed by atoms with Gasteiger partial charge >= 0.3 is 6.18 Å². The number of rotatable bonds is 1. The molecule has 6 heteroatoms. The van der Waals surface area contributed by atoms with Crippen molar-refractivity contribution in [1.29, 1.82) is 0 Å². The zero-order valence-corrected chi connectivity index (χ0v) is 8.90. The molecule has 1 aromatic carbocycles. The van der Waals surface area contributed by atoms with Crippen molar-refractivity contribution in [1.82, 2.24) is 0 Å². The second-order valence-corrected chi connectivity index (χ2v) is 3.70. The summed E-state index contributed by atoms with van der Waals surface area (Å²) < 4.78 is 37.9. The maximum Gasteiger partial charge on any atom is 0.405 e. The lowest BCUT2D eigenvalue weighted by molar-refractivity contribution is -0.165. The quantitative estimate of drug-likeness (QED) is 0.745. The minimum atomic E-state index is -4.59. The predicted octanol–water partition coefficient (Wildman–Crippen LogP) is 2.59. The lowest BCUT2D eigenvalue weighted by Crippen LogP contribution is -2.37. The van der Waals surface area contributed by atoms with Crippen LogP contribution >= 0.6 is 0 Å². The molecule has 0 spiro atoms. The van der Waals surface area contributed by atoms with Crippen molar-refractivity contribution >= 4 is 17.3 Å². The predicted molar refractivity (Wildman–Crippen MR) is 56.6 cm³/mol. The van der Waals surface area contributed by atoms with E-state index in [1.54, 1.807) is 18.2 Å². The highest BCUT2D eigenvalue weighted by molar-refractivity contribution is 6.15. The van der Waals surface area contributed by atoms with Crippen LogP contribution in [-0.4, -0.2) is 17.8 Å². The lowest BCUT2D eigenvalue weighted by Gasteiger charge is -2.16. The zero-order chi connectivity index (χ0) is 12.6. The molecule has 1 amide bonds. The van der Waals surface area contributed by atoms with Gasteiger partial charge in [0.25, 0.3) is 5.91 Å². The number of nitrogens with zero attached hydrogens (tertiary/aromatic N) is 2. The van der Waals surface area contributed by atoms with Crippen molar-refractivity contribution in [3.63, 3.8) is 0 Å². The third-order valence-electron chi connectivity index (χ3n) is 2.46. The first-order valence-corrected chi connectivity index (χ1v) is 4.92. The molecule has 0 saturated carbocycles. The average molecular weight is 242 g/mol. The molecule has 0 unspecified atom stereocenters. The molecule has 3 nitrogen and oxygen atoms in total. The second-order valence-electron chi connectivity index (χ2n) is 3.70. The number of alkyl halides is 3. The van der Waals surface area contributed by atoms with Crippen LogP contribution in [0.2, 0.25) is 0 Å². The summed E-state index contributed by atoms with van der Waals surface area (Å²) in [4.78, 5) is 11.7. The summed E-state index contributed by atoms with van der Waals surface area (Å²) in [6.07, 6.45) is -4.59. The van der Waals surface area contributed by atoms with E-state index in [0.29, 0.717) is 5.69 Å². The van der Waals surface area contributed by atoms with Crippen molar-refractivity contribution in [2.75, 3.05) is 5.01 Å². The van der Waals surface area contributed by atoms with E-state index in [1.165, 1.54) is 19.1 Å². The molecular formula is C11H9F3N2O. The maximum atomic E-state index is 12.6. The molecule has 0 N–H and O–H groups in total. The highest BCUT2D eigenvalue weighted by atomic mass is 19.4. The van der Waals surface area contributed by atoms with Gasteiger partial charge in [-0.1, -0.05) is 18.2 Å². The van der Waals surface area contributed by atoms with Gasteiger partial charge in [-0.2, -0.15) is 23.3 Å². The van der Waals surface area contributed by atoms with Crippen LogP contribution in [0, 0.1) is 5.92 Å². The van der Waals surface area contributed by atoms with Crippen LogP contribution in [0.4, 0.5) is 18.9 Å². The number of para-hydroxylation sites is 1. The van der Waals surface area contributed by atoms with Gasteiger partial charge in [0.1, 0.15) is 0 Å². The Kier molecular flexibility index (Phi) is 2.65. The Labute approximate surface area is 95.5 Å². The molecule has 0 radical (unpaired) electrons. The first-order chi connectivity index (χ1) is 7.91. The van der Waals surface area contributed by atoms with E-state index >= 15 is 0 Å². The maximum absolute atomic E-state index is 12.6. The number of hydrazone groups is 1. The highest BCUT2D eigenvalue weighted by Gasteiger charge is 2.52. The lowest BCUT2D eigenvalue weighted by atomic mass is 10.0. The molecule has 0 fully saturated rings. The third kappa shape index (κ3) is 2.02. The summed E-state index contributed by atoms with van der Waals surface area (Å²) in [5.41, 5.74) is 0.106. The van der Waals surface area contributed by atoms with Gasteiger partial charge in [0.15, 0.2) is 5.92 Å². The number of carbonyl (C=O) groups is 1. The molecule has 2 rings (SSSR count). The van der Waals surface area contributed by atoms with Crippen LogP contribution in [0.1, 0.15) is 6.92 Å². The molecule has 90 valence electrons. The number of benzene rings is 1. The Hall–Kier alpha value is -1.85. The van der Waals surface area contributed by atoms with Crippen LogP contribution in [0.15, 0.2) is 35.4 Å². The van der Waals surface area contributed by atoms with Gasteiger partial charge < -0.3 is 0 Å². The molecule has 0 aliphatic carbocycles. The van der Waals surface area contributed by atoms with Gasteiger partial charge in [-0.3, -0.25) is 4.79 Å². The van der Waals surface area contributed by atoms with Crippen LogP contribution < -0.4 is 5.01 Å². The Morgan fingerprint density at radius 1 is 1.24 bits per heavy atom. The Morgan fingerprint density at radius 3 is 2.29 bits per heavy atom. The minimum Gasteiger partial charge on any atom is -0.271 e. The fourth-order valence-corrected chi connectivity index (χ4v) is 1.70. The van der Waals surface area contributed by atoms with Crippen LogP contribution in [0.25, 0.3) is 0 Å². The second kappa shape index (κ2) is 3.87. The van der Waals surface area contributed by atoms with E-state index in [0.717, 1.165) is 5.01 Å². The number of hydrogen-bond acceptors (Lipinski definition) is 2. The van der Waals surface area contributed by atoms with E-state index in [9.17, 15) is 18.0 Å². The van der Waals surface area contributed by atoms with Gasteiger partial charge in [-0.05, 0) is 19.1 Å². The van der Waals surface area contributed by atoms with Gasteiger partial charge in [-0.15, -0.1) is 0 Å². The summed E-state index contributed by atoms with van der Waals surface area (Å²) in [5.74, 6) is -3.18. The first-order valence-electron chi connectivity index (χ1n) is 4.92. The number of carbonyl (C=O) groups excluding carboxylic acids is 1. The first kappa shape index (κ1) is 11.6. The Balaban J connectivity index is 2.34. The number of amides is 1. The third-order valence-corrected chi connectivity index (χ3v) is 2.46. The SMILES string of the molecule is CC1=NN(c2ccccc2)C(=O)[C@H]1C(F)(F)F. The van der Waals surface area contributed by atoms with Crippen molar-refractivity contribution < 1.29 is 18.0 Å². The van der Waals surface area contributed by atoms with E-state index in [-0.39, 0.29) is 5.71 Å². The molecule has 1 heterocycles. The topological polar surface area (TPSA) is 32.7 Å². The highest BCUT2D eigenvalue weighted by Crippen LogP contribution is 2.34. The summed E-state index contributed by atoms with van der Waals surface area (Å²) in [6, 6.07) is 8.05. The van der Waals surface area contributed by atoms with Gasteiger partial charge in [0.2, 0.25) is 0 Å². The molecule has 1 atom stereocenters. The molecule has 1 aliphatic heterocycles. The summed E-state index contributed by atoms with van der Waals surface area (Å²) >= 11 is 0. The summed E-state index contributed by atoms with van der Waals surface area (Å²) in [6.45, 7) is 1.21. The normalized spacial score (nSPS) is 20.7. The fourth-order valence-electron chi connectivity index (χ4n) is 1.70. The standard InChI is InChI=1S/C11H9F3N2O/c1-7-9(11(12,13)14)10(17)16(15-7)8-5-3-2-4-6-8/h2-6,9H,1H3/t9-/m0/s1. The number of hydrogen-bond donors (Lipinski definition) is 0. The molecule has 17 heavy (non-hydrogen) atoms. The van der Waals surface area contributed by atoms with Gasteiger partial charge in [-0.25, -0.2) is 0 Å². The molecule has 0 aromatic heterocycles. The van der Waals surface area contributed by atoms with Crippen molar-refractivity contribution in [3.8, 4) is 0 Å². The van der Waals surface area contributed by atoms with E-state index in [4.69, 9.17) is 0 Å². The Morgan fingerprint density at radius 2 is 1.82 bits per heavy atom. The van der Waals surface area contributed by atoms with Crippen LogP contribution in [0.5, 0.6) is 0 Å². The number of halogens is 3. The van der Waals surface area contributed by atoms with Crippen molar-refractivity contribution in [2.45, 2.75) is 13.1 Å². The van der Waals surface area contributed by atoms with Crippen LogP contribution in [0.3, 0.4) is 0 Å². The minimum absolute atomic E-state index is 0.230. The van der Waals surface area contributed by atoms with E-state index in [1.807, 2.05) is 0 Å². The molecular weight excluding hydrogens is 233 g/mol. The van der Waals surface area contributed by atoms with E-state index in [2.05, 4.69) is 5.10 Å². The van der Waals surface area contributed by atoms with E-state index < -0.39 is 18.0 Å². The molecule has 1 aliphatic rings. The van der Waals surface area contributed by atoms with Gasteiger partial charge in [0.05, 0.1) is 11.4 Å². The fraction of sp³-hybridized carbons (Fsp3) is 0.273. The average Bonchev–Trinajstić information content (AvgIpc) is 2.54. The number of anilines is 1. The summed E-state index contributed by atoms with van der Waals surface area (Å²) in [7, 11) is 0. The van der Waals surface area contributed by atoms with Gasteiger partial charge in [0, 0.05) is 0 Å². The Bertz CT molecular complexity index is 467.